The lowest BCUT2D eigenvalue weighted by Gasteiger charge is -2.09. The van der Waals surface area contributed by atoms with E-state index in [9.17, 15) is 4.79 Å². The fraction of sp³-hybridized carbons (Fsp3) is 0.333. The molecule has 0 atom stereocenters. The normalized spacial score (nSPS) is 10.5. The smallest absolute Gasteiger partial charge is 0.274 e. The van der Waals surface area contributed by atoms with E-state index >= 15 is 0 Å². The van der Waals surface area contributed by atoms with Crippen LogP contribution in [0.2, 0.25) is 0 Å². The van der Waals surface area contributed by atoms with Gasteiger partial charge in [0.05, 0.1) is 25.8 Å². The predicted molar refractivity (Wildman–Crippen MR) is 64.8 cm³/mol. The van der Waals surface area contributed by atoms with Gasteiger partial charge in [-0.15, -0.1) is 0 Å². The van der Waals surface area contributed by atoms with Crippen LogP contribution in [0, 0.1) is 0 Å². The van der Waals surface area contributed by atoms with E-state index in [1.165, 1.54) is 4.68 Å². The van der Waals surface area contributed by atoms with Gasteiger partial charge in [-0.2, -0.15) is 5.10 Å². The SMILES string of the molecule is CCn1ncc2cc(OC)c(OC)cc2c1=O. The van der Waals surface area contributed by atoms with Crippen LogP contribution in [0.1, 0.15) is 6.92 Å². The van der Waals surface area contributed by atoms with Crippen LogP contribution < -0.4 is 15.0 Å². The number of methoxy groups -OCH3 is 2. The molecule has 2 rings (SSSR count). The molecule has 0 spiro atoms. The molecular weight excluding hydrogens is 220 g/mol. The van der Waals surface area contributed by atoms with Crippen molar-refractivity contribution in [3.8, 4) is 11.5 Å². The van der Waals surface area contributed by atoms with Gasteiger partial charge in [0.15, 0.2) is 11.5 Å². The van der Waals surface area contributed by atoms with Gasteiger partial charge in [-0.3, -0.25) is 4.79 Å². The van der Waals surface area contributed by atoms with Gasteiger partial charge < -0.3 is 9.47 Å². The number of hydrogen-bond acceptors (Lipinski definition) is 4. The zero-order valence-electron chi connectivity index (χ0n) is 10.1. The first-order valence-electron chi connectivity index (χ1n) is 5.33. The Balaban J connectivity index is 2.79. The largest absolute Gasteiger partial charge is 0.493 e. The standard InChI is InChI=1S/C12H14N2O3/c1-4-14-12(15)9-6-11(17-3)10(16-2)5-8(9)7-13-14/h5-7H,4H2,1-3H3. The minimum absolute atomic E-state index is 0.119. The van der Waals surface area contributed by atoms with E-state index in [4.69, 9.17) is 9.47 Å². The van der Waals surface area contributed by atoms with Gasteiger partial charge in [-0.1, -0.05) is 0 Å². The summed E-state index contributed by atoms with van der Waals surface area (Å²) in [5.41, 5.74) is -0.119. The van der Waals surface area contributed by atoms with Crippen molar-refractivity contribution < 1.29 is 9.47 Å². The topological polar surface area (TPSA) is 53.4 Å². The molecule has 17 heavy (non-hydrogen) atoms. The maximum atomic E-state index is 12.0. The molecule has 0 radical (unpaired) electrons. The van der Waals surface area contributed by atoms with Crippen molar-refractivity contribution >= 4 is 10.8 Å². The molecule has 2 aromatic rings. The number of aromatic nitrogens is 2. The average Bonchev–Trinajstić information content (AvgIpc) is 2.38. The second kappa shape index (κ2) is 4.45. The minimum Gasteiger partial charge on any atom is -0.493 e. The average molecular weight is 234 g/mol. The van der Waals surface area contributed by atoms with Crippen LogP contribution in [0.5, 0.6) is 11.5 Å². The summed E-state index contributed by atoms with van der Waals surface area (Å²) in [5.74, 6) is 1.14. The maximum absolute atomic E-state index is 12.0. The molecule has 1 aromatic carbocycles. The molecule has 0 fully saturated rings. The highest BCUT2D eigenvalue weighted by Gasteiger charge is 2.09. The zero-order valence-corrected chi connectivity index (χ0v) is 10.1. The van der Waals surface area contributed by atoms with Crippen molar-refractivity contribution in [3.05, 3.63) is 28.7 Å². The quantitative estimate of drug-likeness (QED) is 0.806. The number of rotatable bonds is 3. The molecule has 0 unspecified atom stereocenters. The Morgan fingerprint density at radius 2 is 1.88 bits per heavy atom. The van der Waals surface area contributed by atoms with E-state index in [0.29, 0.717) is 23.4 Å². The number of hydrogen-bond donors (Lipinski definition) is 0. The molecule has 0 N–H and O–H groups in total. The Bertz CT molecular complexity index is 604. The fourth-order valence-electron chi connectivity index (χ4n) is 1.74. The van der Waals surface area contributed by atoms with E-state index in [1.807, 2.05) is 6.92 Å². The molecule has 1 aromatic heterocycles. The molecule has 0 aliphatic carbocycles. The molecule has 1 heterocycles. The lowest BCUT2D eigenvalue weighted by Crippen LogP contribution is -2.21. The van der Waals surface area contributed by atoms with Gasteiger partial charge in [0.25, 0.3) is 5.56 Å². The van der Waals surface area contributed by atoms with Crippen molar-refractivity contribution in [1.82, 2.24) is 9.78 Å². The van der Waals surface area contributed by atoms with Crippen molar-refractivity contribution in [1.29, 1.82) is 0 Å². The summed E-state index contributed by atoms with van der Waals surface area (Å²) in [5, 5.41) is 5.39. The molecular formula is C12H14N2O3. The van der Waals surface area contributed by atoms with Crippen molar-refractivity contribution in [2.75, 3.05) is 14.2 Å². The summed E-state index contributed by atoms with van der Waals surface area (Å²) in [4.78, 5) is 12.0. The highest BCUT2D eigenvalue weighted by molar-refractivity contribution is 5.84. The second-order valence-electron chi connectivity index (χ2n) is 3.56. The maximum Gasteiger partial charge on any atom is 0.274 e. The first-order valence-corrected chi connectivity index (χ1v) is 5.33. The van der Waals surface area contributed by atoms with Gasteiger partial charge in [-0.25, -0.2) is 4.68 Å². The van der Waals surface area contributed by atoms with Crippen LogP contribution in [-0.4, -0.2) is 24.0 Å². The summed E-state index contributed by atoms with van der Waals surface area (Å²) in [6.45, 7) is 2.42. The van der Waals surface area contributed by atoms with Crippen LogP contribution >= 0.6 is 0 Å². The van der Waals surface area contributed by atoms with Crippen LogP contribution in [0.3, 0.4) is 0 Å². The number of ether oxygens (including phenoxy) is 2. The Hall–Kier alpha value is -2.04. The molecule has 0 amide bonds. The number of benzene rings is 1. The molecule has 5 nitrogen and oxygen atoms in total. The summed E-state index contributed by atoms with van der Waals surface area (Å²) in [6, 6.07) is 3.44. The Morgan fingerprint density at radius 1 is 1.24 bits per heavy atom. The monoisotopic (exact) mass is 234 g/mol. The van der Waals surface area contributed by atoms with Gasteiger partial charge in [-0.05, 0) is 19.1 Å². The van der Waals surface area contributed by atoms with Gasteiger partial charge >= 0.3 is 0 Å². The number of nitrogens with zero attached hydrogens (tertiary/aromatic N) is 2. The zero-order chi connectivity index (χ0) is 12.4. The molecule has 0 saturated heterocycles. The molecule has 0 bridgehead atoms. The second-order valence-corrected chi connectivity index (χ2v) is 3.56. The third-order valence-corrected chi connectivity index (χ3v) is 2.66. The molecule has 0 saturated carbocycles. The fourth-order valence-corrected chi connectivity index (χ4v) is 1.74. The van der Waals surface area contributed by atoms with Gasteiger partial charge in [0, 0.05) is 11.9 Å². The van der Waals surface area contributed by atoms with Gasteiger partial charge in [0.2, 0.25) is 0 Å². The molecule has 90 valence electrons. The van der Waals surface area contributed by atoms with Crippen molar-refractivity contribution in [2.45, 2.75) is 13.5 Å². The Labute approximate surface area is 98.6 Å². The third-order valence-electron chi connectivity index (χ3n) is 2.66. The molecule has 0 aliphatic rings. The first-order chi connectivity index (χ1) is 8.21. The summed E-state index contributed by atoms with van der Waals surface area (Å²) < 4.78 is 11.8. The highest BCUT2D eigenvalue weighted by atomic mass is 16.5. The molecule has 0 aliphatic heterocycles. The Kier molecular flexibility index (Phi) is 2.99. The lowest BCUT2D eigenvalue weighted by atomic mass is 10.2. The third kappa shape index (κ3) is 1.84. The number of fused-ring (bicyclic) bond motifs is 1. The Morgan fingerprint density at radius 3 is 2.47 bits per heavy atom. The van der Waals surface area contributed by atoms with Crippen molar-refractivity contribution in [2.24, 2.45) is 0 Å². The highest BCUT2D eigenvalue weighted by Crippen LogP contribution is 2.30. The lowest BCUT2D eigenvalue weighted by molar-refractivity contribution is 0.355. The minimum atomic E-state index is -0.119. The van der Waals surface area contributed by atoms with Crippen LogP contribution in [-0.2, 0) is 6.54 Å². The first kappa shape index (κ1) is 11.4. The summed E-state index contributed by atoms with van der Waals surface area (Å²) in [6.07, 6.45) is 1.65. The summed E-state index contributed by atoms with van der Waals surface area (Å²) >= 11 is 0. The predicted octanol–water partition coefficient (Wildman–Crippen LogP) is 1.43. The van der Waals surface area contributed by atoms with Crippen molar-refractivity contribution in [3.63, 3.8) is 0 Å². The van der Waals surface area contributed by atoms with Gasteiger partial charge in [0.1, 0.15) is 0 Å². The summed E-state index contributed by atoms with van der Waals surface area (Å²) in [7, 11) is 3.10. The van der Waals surface area contributed by atoms with E-state index in [-0.39, 0.29) is 5.56 Å². The van der Waals surface area contributed by atoms with E-state index in [1.54, 1.807) is 32.5 Å². The van der Waals surface area contributed by atoms with Crippen LogP contribution in [0.4, 0.5) is 0 Å². The van der Waals surface area contributed by atoms with Crippen LogP contribution in [0.15, 0.2) is 23.1 Å². The molecule has 5 heteroatoms. The van der Waals surface area contributed by atoms with E-state index in [2.05, 4.69) is 5.10 Å². The van der Waals surface area contributed by atoms with Crippen LogP contribution in [0.25, 0.3) is 10.8 Å². The van der Waals surface area contributed by atoms with E-state index in [0.717, 1.165) is 5.39 Å². The van der Waals surface area contributed by atoms with E-state index < -0.39 is 0 Å². The number of aryl methyl sites for hydroxylation is 1.